The first-order valence-corrected chi connectivity index (χ1v) is 13.3. The summed E-state index contributed by atoms with van der Waals surface area (Å²) in [5.74, 6) is 0.793. The molecular weight excluding hydrogens is 486 g/mol. The molecule has 1 unspecified atom stereocenters. The summed E-state index contributed by atoms with van der Waals surface area (Å²) in [6.07, 6.45) is 7.58. The average molecular weight is 522 g/mol. The second-order valence-electron chi connectivity index (χ2n) is 10.2. The van der Waals surface area contributed by atoms with Crippen LogP contribution in [0.15, 0.2) is 73.2 Å². The maximum atomic E-state index is 13.3. The van der Waals surface area contributed by atoms with Crippen molar-refractivity contribution in [1.82, 2.24) is 24.8 Å². The van der Waals surface area contributed by atoms with Crippen molar-refractivity contribution in [3.63, 3.8) is 0 Å². The van der Waals surface area contributed by atoms with Gasteiger partial charge in [-0.1, -0.05) is 25.5 Å². The van der Waals surface area contributed by atoms with Crippen LogP contribution in [-0.4, -0.2) is 71.5 Å². The number of nitrogens with zero attached hydrogens (tertiary/aromatic N) is 4. The van der Waals surface area contributed by atoms with E-state index in [1.165, 1.54) is 0 Å². The summed E-state index contributed by atoms with van der Waals surface area (Å²) < 4.78 is 5.83. The maximum absolute atomic E-state index is 13.3. The number of likely N-dealkylation sites (N-methyl/N-ethyl adjacent to an activating group) is 2. The van der Waals surface area contributed by atoms with Crippen molar-refractivity contribution in [1.29, 1.82) is 0 Å². The van der Waals surface area contributed by atoms with Gasteiger partial charge in [-0.05, 0) is 68.5 Å². The molecule has 0 spiro atoms. The Kier molecular flexibility index (Phi) is 7.61. The van der Waals surface area contributed by atoms with Crippen LogP contribution in [0.2, 0.25) is 0 Å². The zero-order valence-corrected chi connectivity index (χ0v) is 23.2. The summed E-state index contributed by atoms with van der Waals surface area (Å²) in [4.78, 5) is 29.7. The van der Waals surface area contributed by atoms with Crippen molar-refractivity contribution in [2.45, 2.75) is 25.8 Å². The molecule has 3 aromatic heterocycles. The summed E-state index contributed by atoms with van der Waals surface area (Å²) in [5, 5.41) is 2.11. The van der Waals surface area contributed by atoms with E-state index in [9.17, 15) is 4.79 Å². The first kappa shape index (κ1) is 26.4. The van der Waals surface area contributed by atoms with Gasteiger partial charge in [-0.25, -0.2) is 0 Å². The third-order valence-electron chi connectivity index (χ3n) is 7.39. The number of pyridine rings is 2. The molecule has 1 N–H and O–H groups in total. The minimum absolute atomic E-state index is 0.0222. The SMILES string of the molecule is CCCC(CN(C)C(=O)c1ccc(-c2c(OC)ccc3[nH]c4cnc(-c5cccnc5)cc4c23)cc1)N(C)C. The Balaban J connectivity index is 1.54. The number of aromatic amines is 1. The van der Waals surface area contributed by atoms with E-state index >= 15 is 0 Å². The van der Waals surface area contributed by atoms with Crippen LogP contribution in [-0.2, 0) is 0 Å². The normalized spacial score (nSPS) is 12.3. The largest absolute Gasteiger partial charge is 0.496 e. The fraction of sp³-hybridized carbons (Fsp3) is 0.281. The van der Waals surface area contributed by atoms with Crippen molar-refractivity contribution in [3.05, 3.63) is 78.8 Å². The van der Waals surface area contributed by atoms with Crippen LogP contribution in [0.3, 0.4) is 0 Å². The van der Waals surface area contributed by atoms with Gasteiger partial charge < -0.3 is 19.5 Å². The predicted octanol–water partition coefficient (Wildman–Crippen LogP) is 6.26. The Morgan fingerprint density at radius 1 is 1.00 bits per heavy atom. The zero-order chi connectivity index (χ0) is 27.5. The number of nitrogens with one attached hydrogen (secondary N) is 1. The van der Waals surface area contributed by atoms with Crippen LogP contribution in [0.25, 0.3) is 44.2 Å². The van der Waals surface area contributed by atoms with Crippen LogP contribution >= 0.6 is 0 Å². The van der Waals surface area contributed by atoms with E-state index in [2.05, 4.69) is 46.9 Å². The lowest BCUT2D eigenvalue weighted by Gasteiger charge is -2.29. The number of hydrogen-bond acceptors (Lipinski definition) is 5. The third kappa shape index (κ3) is 5.22. The molecule has 2 aromatic carbocycles. The minimum Gasteiger partial charge on any atom is -0.496 e. The Hall–Kier alpha value is -4.23. The molecule has 0 radical (unpaired) electrons. The number of ether oxygens (including phenoxy) is 1. The van der Waals surface area contributed by atoms with Gasteiger partial charge in [0.1, 0.15) is 5.75 Å². The van der Waals surface area contributed by atoms with E-state index in [4.69, 9.17) is 4.74 Å². The van der Waals surface area contributed by atoms with E-state index < -0.39 is 0 Å². The van der Waals surface area contributed by atoms with E-state index in [0.29, 0.717) is 18.2 Å². The molecule has 0 saturated heterocycles. The molecule has 0 aliphatic heterocycles. The lowest BCUT2D eigenvalue weighted by molar-refractivity contribution is 0.0751. The maximum Gasteiger partial charge on any atom is 0.253 e. The van der Waals surface area contributed by atoms with Gasteiger partial charge in [0.2, 0.25) is 0 Å². The van der Waals surface area contributed by atoms with Crippen LogP contribution in [0.1, 0.15) is 30.1 Å². The number of H-pyrrole nitrogens is 1. The Morgan fingerprint density at radius 3 is 2.46 bits per heavy atom. The van der Waals surface area contributed by atoms with Crippen molar-refractivity contribution in [2.75, 3.05) is 34.8 Å². The van der Waals surface area contributed by atoms with Gasteiger partial charge in [0, 0.05) is 65.0 Å². The first-order chi connectivity index (χ1) is 18.9. The molecule has 0 bridgehead atoms. The molecule has 1 amide bonds. The molecule has 0 saturated carbocycles. The zero-order valence-electron chi connectivity index (χ0n) is 23.2. The lowest BCUT2D eigenvalue weighted by Crippen LogP contribution is -2.41. The molecule has 7 nitrogen and oxygen atoms in total. The van der Waals surface area contributed by atoms with Gasteiger partial charge in [-0.15, -0.1) is 0 Å². The molecular formula is C32H35N5O2. The number of carbonyl (C=O) groups excluding carboxylic acids is 1. The number of rotatable bonds is 9. The molecule has 3 heterocycles. The quantitative estimate of drug-likeness (QED) is 0.248. The van der Waals surface area contributed by atoms with Crippen molar-refractivity contribution in [3.8, 4) is 28.1 Å². The second kappa shape index (κ2) is 11.3. The molecule has 200 valence electrons. The van der Waals surface area contributed by atoms with Crippen molar-refractivity contribution in [2.24, 2.45) is 0 Å². The van der Waals surface area contributed by atoms with E-state index in [0.717, 1.165) is 62.8 Å². The van der Waals surface area contributed by atoms with Crippen LogP contribution in [0, 0.1) is 0 Å². The molecule has 39 heavy (non-hydrogen) atoms. The fourth-order valence-corrected chi connectivity index (χ4v) is 5.25. The highest BCUT2D eigenvalue weighted by Crippen LogP contribution is 2.41. The van der Waals surface area contributed by atoms with E-state index in [-0.39, 0.29) is 5.91 Å². The summed E-state index contributed by atoms with van der Waals surface area (Å²) in [6, 6.07) is 18.2. The van der Waals surface area contributed by atoms with Gasteiger partial charge in [0.25, 0.3) is 5.91 Å². The molecule has 5 rings (SSSR count). The molecule has 0 aliphatic rings. The number of fused-ring (bicyclic) bond motifs is 3. The van der Waals surface area contributed by atoms with E-state index in [1.807, 2.05) is 72.9 Å². The number of amides is 1. The fourth-order valence-electron chi connectivity index (χ4n) is 5.25. The van der Waals surface area contributed by atoms with Gasteiger partial charge in [-0.3, -0.25) is 14.8 Å². The van der Waals surface area contributed by atoms with Crippen molar-refractivity contribution >= 4 is 27.7 Å². The van der Waals surface area contributed by atoms with Crippen LogP contribution < -0.4 is 4.74 Å². The van der Waals surface area contributed by atoms with Gasteiger partial charge >= 0.3 is 0 Å². The van der Waals surface area contributed by atoms with Gasteiger partial charge in [0.15, 0.2) is 0 Å². The average Bonchev–Trinajstić information content (AvgIpc) is 3.34. The number of hydrogen-bond donors (Lipinski definition) is 1. The first-order valence-electron chi connectivity index (χ1n) is 13.3. The molecule has 0 fully saturated rings. The Morgan fingerprint density at radius 2 is 1.79 bits per heavy atom. The summed E-state index contributed by atoms with van der Waals surface area (Å²) >= 11 is 0. The topological polar surface area (TPSA) is 74.3 Å². The Labute approximate surface area is 229 Å². The second-order valence-corrected chi connectivity index (χ2v) is 10.2. The number of benzene rings is 2. The van der Waals surface area contributed by atoms with Gasteiger partial charge in [-0.2, -0.15) is 0 Å². The summed E-state index contributed by atoms with van der Waals surface area (Å²) in [5.41, 5.74) is 6.39. The number of methoxy groups -OCH3 is 1. The number of aromatic nitrogens is 3. The van der Waals surface area contributed by atoms with Gasteiger partial charge in [0.05, 0.1) is 24.5 Å². The third-order valence-corrected chi connectivity index (χ3v) is 7.39. The standard InChI is InChI=1S/C32H35N5O2/c1-6-8-24(36(2)3)20-37(4)32(38)22-12-10-21(11-13-22)30-29(39-5)15-14-26-31(30)25-17-27(34-19-28(25)35-26)23-9-7-16-33-18-23/h7,9-19,24,35H,6,8,20H2,1-5H3. The predicted molar refractivity (Wildman–Crippen MR) is 158 cm³/mol. The Bertz CT molecular complexity index is 1590. The van der Waals surface area contributed by atoms with Crippen LogP contribution in [0.4, 0.5) is 0 Å². The summed E-state index contributed by atoms with van der Waals surface area (Å²) in [6.45, 7) is 2.87. The lowest BCUT2D eigenvalue weighted by atomic mass is 9.97. The molecule has 5 aromatic rings. The highest BCUT2D eigenvalue weighted by molar-refractivity contribution is 6.16. The van der Waals surface area contributed by atoms with E-state index in [1.54, 1.807) is 13.3 Å². The number of carbonyl (C=O) groups is 1. The highest BCUT2D eigenvalue weighted by Gasteiger charge is 2.20. The highest BCUT2D eigenvalue weighted by atomic mass is 16.5. The molecule has 1 atom stereocenters. The molecule has 0 aliphatic carbocycles. The summed E-state index contributed by atoms with van der Waals surface area (Å²) in [7, 11) is 7.71. The minimum atomic E-state index is 0.0222. The van der Waals surface area contributed by atoms with Crippen LogP contribution in [0.5, 0.6) is 5.75 Å². The monoisotopic (exact) mass is 521 g/mol. The smallest absolute Gasteiger partial charge is 0.253 e. The molecule has 7 heteroatoms. The van der Waals surface area contributed by atoms with Crippen molar-refractivity contribution < 1.29 is 9.53 Å².